The molecule has 5 nitrogen and oxygen atoms in total. The number of nitrogens with zero attached hydrogens (tertiary/aromatic N) is 5. The van der Waals surface area contributed by atoms with E-state index in [-0.39, 0.29) is 21.1 Å². The molecule has 0 spiro atoms. The molecular formula is C37H41N5Pt. The van der Waals surface area contributed by atoms with Gasteiger partial charge >= 0.3 is 21.1 Å². The van der Waals surface area contributed by atoms with Crippen molar-refractivity contribution in [3.05, 3.63) is 114 Å². The molecule has 2 aromatic heterocycles. The van der Waals surface area contributed by atoms with Crippen molar-refractivity contribution in [3.8, 4) is 11.4 Å². The molecule has 0 radical (unpaired) electrons. The van der Waals surface area contributed by atoms with E-state index in [2.05, 4.69) is 96.5 Å². The summed E-state index contributed by atoms with van der Waals surface area (Å²) in [6.45, 7) is 6.40. The molecule has 6 rings (SSSR count). The summed E-state index contributed by atoms with van der Waals surface area (Å²) in [5.74, 6) is 1.58. The number of anilines is 3. The minimum atomic E-state index is 0. The van der Waals surface area contributed by atoms with Gasteiger partial charge < -0.3 is 4.90 Å². The zero-order valence-electron chi connectivity index (χ0n) is 25.4. The first kappa shape index (κ1) is 31.0. The smallest absolute Gasteiger partial charge is 0.358 e. The minimum absolute atomic E-state index is 0. The van der Waals surface area contributed by atoms with Crippen LogP contribution >= 0.6 is 0 Å². The van der Waals surface area contributed by atoms with E-state index in [0.29, 0.717) is 5.92 Å². The molecule has 224 valence electrons. The molecule has 6 heteroatoms. The first-order valence-corrected chi connectivity index (χ1v) is 15.6. The van der Waals surface area contributed by atoms with Crippen LogP contribution in [0, 0.1) is 31.9 Å². The van der Waals surface area contributed by atoms with Crippen LogP contribution in [-0.4, -0.2) is 19.6 Å². The second-order valence-corrected chi connectivity index (χ2v) is 11.9. The Hall–Kier alpha value is -3.43. The van der Waals surface area contributed by atoms with Crippen molar-refractivity contribution in [1.82, 2.24) is 19.6 Å². The Morgan fingerprint density at radius 2 is 1.30 bits per heavy atom. The van der Waals surface area contributed by atoms with Gasteiger partial charge in [0.2, 0.25) is 0 Å². The Morgan fingerprint density at radius 3 is 1.79 bits per heavy atom. The van der Waals surface area contributed by atoms with Crippen molar-refractivity contribution < 1.29 is 21.1 Å². The van der Waals surface area contributed by atoms with Gasteiger partial charge in [-0.1, -0.05) is 56.1 Å². The zero-order chi connectivity index (χ0) is 28.9. The molecule has 2 heterocycles. The molecule has 1 aliphatic carbocycles. The monoisotopic (exact) mass is 750 g/mol. The van der Waals surface area contributed by atoms with Crippen LogP contribution in [0.25, 0.3) is 11.4 Å². The van der Waals surface area contributed by atoms with Crippen LogP contribution in [0.4, 0.5) is 17.1 Å². The van der Waals surface area contributed by atoms with Gasteiger partial charge in [-0.25, -0.2) is 0 Å². The van der Waals surface area contributed by atoms with Crippen molar-refractivity contribution in [2.75, 3.05) is 4.90 Å². The van der Waals surface area contributed by atoms with Crippen LogP contribution in [0.2, 0.25) is 0 Å². The van der Waals surface area contributed by atoms with Crippen LogP contribution in [0.5, 0.6) is 0 Å². The molecule has 0 N–H and O–H groups in total. The Kier molecular flexibility index (Phi) is 10.4. The van der Waals surface area contributed by atoms with Gasteiger partial charge in [-0.15, -0.1) is 36.4 Å². The summed E-state index contributed by atoms with van der Waals surface area (Å²) >= 11 is 0. The molecule has 0 amide bonds. The molecule has 1 saturated carbocycles. The third kappa shape index (κ3) is 7.39. The molecular weight excluding hydrogens is 710 g/mol. The largest absolute Gasteiger partial charge is 2.00 e. The summed E-state index contributed by atoms with van der Waals surface area (Å²) in [6, 6.07) is 28.9. The van der Waals surface area contributed by atoms with Gasteiger partial charge in [0, 0.05) is 18.1 Å². The van der Waals surface area contributed by atoms with Crippen LogP contribution in [0.3, 0.4) is 0 Å². The predicted molar refractivity (Wildman–Crippen MR) is 171 cm³/mol. The number of rotatable bonds is 10. The van der Waals surface area contributed by atoms with Crippen molar-refractivity contribution in [3.63, 3.8) is 0 Å². The summed E-state index contributed by atoms with van der Waals surface area (Å²) in [7, 11) is 0. The summed E-state index contributed by atoms with van der Waals surface area (Å²) in [4.78, 5) is 2.23. The van der Waals surface area contributed by atoms with Gasteiger partial charge in [-0.2, -0.15) is 22.3 Å². The molecule has 0 bridgehead atoms. The van der Waals surface area contributed by atoms with E-state index in [1.807, 2.05) is 46.3 Å². The fourth-order valence-electron chi connectivity index (χ4n) is 6.28. The molecule has 0 saturated heterocycles. The van der Waals surface area contributed by atoms with E-state index >= 15 is 0 Å². The van der Waals surface area contributed by atoms with Gasteiger partial charge in [0.15, 0.2) is 0 Å². The fourth-order valence-corrected chi connectivity index (χ4v) is 6.28. The quantitative estimate of drug-likeness (QED) is 0.106. The van der Waals surface area contributed by atoms with Crippen molar-refractivity contribution in [2.24, 2.45) is 5.92 Å². The second-order valence-electron chi connectivity index (χ2n) is 11.9. The summed E-state index contributed by atoms with van der Waals surface area (Å²) in [5.41, 5.74) is 8.45. The maximum absolute atomic E-state index is 4.52. The fraction of sp³-hybridized carbons (Fsp3) is 0.351. The van der Waals surface area contributed by atoms with E-state index in [1.54, 1.807) is 0 Å². The van der Waals surface area contributed by atoms with Gasteiger partial charge in [-0.3, -0.25) is 9.36 Å². The third-order valence-corrected chi connectivity index (χ3v) is 8.61. The Morgan fingerprint density at radius 1 is 0.744 bits per heavy atom. The zero-order valence-corrected chi connectivity index (χ0v) is 27.7. The van der Waals surface area contributed by atoms with Gasteiger partial charge in [0.05, 0.1) is 12.4 Å². The van der Waals surface area contributed by atoms with E-state index in [1.165, 1.54) is 56.9 Å². The first-order chi connectivity index (χ1) is 20.6. The summed E-state index contributed by atoms with van der Waals surface area (Å²) < 4.78 is 3.76. The third-order valence-electron chi connectivity index (χ3n) is 8.61. The van der Waals surface area contributed by atoms with Crippen LogP contribution < -0.4 is 4.90 Å². The molecule has 43 heavy (non-hydrogen) atoms. The molecule has 1 aliphatic rings. The van der Waals surface area contributed by atoms with Gasteiger partial charge in [-0.05, 0) is 91.6 Å². The topological polar surface area (TPSA) is 38.9 Å². The maximum Gasteiger partial charge on any atom is 2.00 e. The van der Waals surface area contributed by atoms with E-state index < -0.39 is 0 Å². The van der Waals surface area contributed by atoms with Crippen molar-refractivity contribution in [2.45, 2.75) is 78.1 Å². The normalized spacial score (nSPS) is 16.5. The average Bonchev–Trinajstić information content (AvgIpc) is 3.67. The minimum Gasteiger partial charge on any atom is -0.358 e. The van der Waals surface area contributed by atoms with Crippen LogP contribution in [-0.2, 0) is 21.1 Å². The Bertz CT molecular complexity index is 1510. The molecule has 1 fully saturated rings. The Balaban J connectivity index is 0.00000368. The molecule has 0 atom stereocenters. The van der Waals surface area contributed by atoms with E-state index in [9.17, 15) is 0 Å². The molecule has 5 aromatic rings. The molecule has 3 aromatic carbocycles. The van der Waals surface area contributed by atoms with Crippen LogP contribution in [0.1, 0.15) is 80.9 Å². The number of aromatic nitrogens is 4. The summed E-state index contributed by atoms with van der Waals surface area (Å²) in [6.07, 6.45) is 18.6. The number of hydrogen-bond donors (Lipinski definition) is 0. The standard InChI is InChI=1S/C37H41N5.Pt/c1-4-5-6-9-30-14-16-31(17-15-30)32-18-20-33(21-19-32)42(36-12-7-10-34(22-36)40-26-28(2)24-38-40)37-13-8-11-35(23-37)41-27-29(3)25-39-41;/h7-8,10-13,18-21,24-27,30-31H,4-6,9,14-17H2,1-3H3;/q-2;+2. The number of aryl methyl sites for hydroxylation is 2. The van der Waals surface area contributed by atoms with Crippen molar-refractivity contribution >= 4 is 17.1 Å². The average molecular weight is 751 g/mol. The maximum atomic E-state index is 4.52. The number of benzene rings is 3. The Labute approximate surface area is 271 Å². The second kappa shape index (κ2) is 14.4. The number of hydrogen-bond acceptors (Lipinski definition) is 3. The van der Waals surface area contributed by atoms with Gasteiger partial charge in [0.1, 0.15) is 0 Å². The van der Waals surface area contributed by atoms with Crippen LogP contribution in [0.15, 0.2) is 85.5 Å². The SMILES string of the molecule is CCCCCC1CCC(c2ccc(N(c3[c-]c(-n4cc(C)cn4)ccc3)c3[c-]c(-n4cc(C)cn4)ccc3)cc2)CC1.[Pt+2]. The summed E-state index contributed by atoms with van der Waals surface area (Å²) in [5, 5.41) is 9.05. The molecule has 0 unspecified atom stereocenters. The van der Waals surface area contributed by atoms with Crippen molar-refractivity contribution in [1.29, 1.82) is 0 Å². The molecule has 0 aliphatic heterocycles. The van der Waals surface area contributed by atoms with E-state index in [4.69, 9.17) is 0 Å². The first-order valence-electron chi connectivity index (χ1n) is 15.6. The predicted octanol–water partition coefficient (Wildman–Crippen LogP) is 9.60. The number of unbranched alkanes of at least 4 members (excludes halogenated alkanes) is 2. The van der Waals surface area contributed by atoms with E-state index in [0.717, 1.165) is 45.5 Å². The van der Waals surface area contributed by atoms with Gasteiger partial charge in [0.25, 0.3) is 0 Å².